The molecule has 2 heteroatoms. The second-order valence-electron chi connectivity index (χ2n) is 2.49. The van der Waals surface area contributed by atoms with E-state index in [0.717, 1.165) is 5.25 Å². The number of rotatable bonds is 2. The minimum absolute atomic E-state index is 0.906. The van der Waals surface area contributed by atoms with Crippen LogP contribution in [0.25, 0.3) is 0 Å². The van der Waals surface area contributed by atoms with Crippen LogP contribution in [0.1, 0.15) is 19.8 Å². The molecule has 0 bridgehead atoms. The van der Waals surface area contributed by atoms with Crippen LogP contribution in [0.5, 0.6) is 0 Å². The van der Waals surface area contributed by atoms with Gasteiger partial charge in [0.25, 0.3) is 0 Å². The fourth-order valence-electron chi connectivity index (χ4n) is 1.13. The first-order chi connectivity index (χ1) is 4.43. The van der Waals surface area contributed by atoms with Gasteiger partial charge in [0.1, 0.15) is 0 Å². The lowest BCUT2D eigenvalue weighted by molar-refractivity contribution is 0.631. The molecule has 0 aromatic rings. The number of hydrogen-bond donors (Lipinski definition) is 1. The van der Waals surface area contributed by atoms with E-state index >= 15 is 0 Å². The van der Waals surface area contributed by atoms with Crippen LogP contribution >= 0.6 is 11.8 Å². The molecular formula is C7H15NS. The topological polar surface area (TPSA) is 12.0 Å². The van der Waals surface area contributed by atoms with Crippen LogP contribution in [-0.2, 0) is 0 Å². The molecule has 1 aliphatic rings. The molecular weight excluding hydrogens is 130 g/mol. The summed E-state index contributed by atoms with van der Waals surface area (Å²) in [6.07, 6.45) is 2.72. The Morgan fingerprint density at radius 1 is 1.67 bits per heavy atom. The average Bonchev–Trinajstić information content (AvgIpc) is 1.91. The monoisotopic (exact) mass is 145 g/mol. The van der Waals surface area contributed by atoms with Crippen molar-refractivity contribution in [2.45, 2.75) is 25.0 Å². The highest BCUT2D eigenvalue weighted by Crippen LogP contribution is 2.17. The summed E-state index contributed by atoms with van der Waals surface area (Å²) in [4.78, 5) is 0. The second-order valence-corrected chi connectivity index (χ2v) is 3.89. The largest absolute Gasteiger partial charge is 0.315 e. The highest BCUT2D eigenvalue weighted by Gasteiger charge is 2.10. The van der Waals surface area contributed by atoms with Gasteiger partial charge in [-0.15, -0.1) is 0 Å². The van der Waals surface area contributed by atoms with E-state index in [1.165, 1.54) is 31.7 Å². The van der Waals surface area contributed by atoms with Gasteiger partial charge in [0.15, 0.2) is 0 Å². The molecule has 0 aromatic heterocycles. The van der Waals surface area contributed by atoms with Gasteiger partial charge in [-0.2, -0.15) is 11.8 Å². The maximum absolute atomic E-state index is 3.40. The summed E-state index contributed by atoms with van der Waals surface area (Å²) < 4.78 is 0. The molecule has 54 valence electrons. The van der Waals surface area contributed by atoms with Crippen molar-refractivity contribution < 1.29 is 0 Å². The summed E-state index contributed by atoms with van der Waals surface area (Å²) >= 11 is 2.13. The van der Waals surface area contributed by atoms with Crippen molar-refractivity contribution in [3.63, 3.8) is 0 Å². The average molecular weight is 145 g/mol. The zero-order valence-electron chi connectivity index (χ0n) is 6.02. The van der Waals surface area contributed by atoms with Crippen molar-refractivity contribution in [1.29, 1.82) is 0 Å². The SMILES string of the molecule is CCC[C@H]1CNCCS1. The predicted molar refractivity (Wildman–Crippen MR) is 44.0 cm³/mol. The smallest absolute Gasteiger partial charge is 0.0172 e. The Bertz CT molecular complexity index is 66.6. The minimum Gasteiger partial charge on any atom is -0.315 e. The van der Waals surface area contributed by atoms with Gasteiger partial charge in [-0.3, -0.25) is 0 Å². The lowest BCUT2D eigenvalue weighted by atomic mass is 10.2. The Morgan fingerprint density at radius 3 is 3.11 bits per heavy atom. The molecule has 9 heavy (non-hydrogen) atoms. The fraction of sp³-hybridized carbons (Fsp3) is 1.00. The lowest BCUT2D eigenvalue weighted by Crippen LogP contribution is -2.32. The zero-order valence-corrected chi connectivity index (χ0v) is 6.84. The molecule has 0 spiro atoms. The molecule has 1 atom stereocenters. The van der Waals surface area contributed by atoms with Crippen molar-refractivity contribution in [2.75, 3.05) is 18.8 Å². The van der Waals surface area contributed by atoms with E-state index < -0.39 is 0 Å². The Hall–Kier alpha value is 0.310. The van der Waals surface area contributed by atoms with Crippen molar-refractivity contribution in [3.05, 3.63) is 0 Å². The Balaban J connectivity index is 2.08. The number of nitrogens with one attached hydrogen (secondary N) is 1. The van der Waals surface area contributed by atoms with Crippen molar-refractivity contribution >= 4 is 11.8 Å². The van der Waals surface area contributed by atoms with Crippen LogP contribution < -0.4 is 5.32 Å². The van der Waals surface area contributed by atoms with Crippen LogP contribution in [0.4, 0.5) is 0 Å². The van der Waals surface area contributed by atoms with Gasteiger partial charge >= 0.3 is 0 Å². The molecule has 0 radical (unpaired) electrons. The van der Waals surface area contributed by atoms with Gasteiger partial charge < -0.3 is 5.32 Å². The van der Waals surface area contributed by atoms with Gasteiger partial charge in [0, 0.05) is 24.1 Å². The first-order valence-electron chi connectivity index (χ1n) is 3.76. The second kappa shape index (κ2) is 4.18. The number of thioether (sulfide) groups is 1. The van der Waals surface area contributed by atoms with Crippen LogP contribution in [0.2, 0.25) is 0 Å². The van der Waals surface area contributed by atoms with E-state index in [2.05, 4.69) is 24.0 Å². The van der Waals surface area contributed by atoms with Gasteiger partial charge in [-0.25, -0.2) is 0 Å². The van der Waals surface area contributed by atoms with E-state index in [4.69, 9.17) is 0 Å². The fourth-order valence-corrected chi connectivity index (χ4v) is 2.36. The first-order valence-corrected chi connectivity index (χ1v) is 4.80. The molecule has 1 fully saturated rings. The summed E-state index contributed by atoms with van der Waals surface area (Å²) in [6.45, 7) is 4.71. The van der Waals surface area contributed by atoms with Crippen LogP contribution in [0, 0.1) is 0 Å². The van der Waals surface area contributed by atoms with Crippen LogP contribution in [0.3, 0.4) is 0 Å². The number of hydrogen-bond acceptors (Lipinski definition) is 2. The Kier molecular flexibility index (Phi) is 3.44. The van der Waals surface area contributed by atoms with Crippen LogP contribution in [-0.4, -0.2) is 24.1 Å². The van der Waals surface area contributed by atoms with E-state index in [9.17, 15) is 0 Å². The normalized spacial score (nSPS) is 28.3. The highest BCUT2D eigenvalue weighted by molar-refractivity contribution is 8.00. The maximum Gasteiger partial charge on any atom is 0.0172 e. The Labute approximate surface area is 61.6 Å². The quantitative estimate of drug-likeness (QED) is 0.632. The molecule has 0 saturated carbocycles. The molecule has 1 saturated heterocycles. The van der Waals surface area contributed by atoms with Gasteiger partial charge in [-0.1, -0.05) is 13.3 Å². The molecule has 0 unspecified atom stereocenters. The Morgan fingerprint density at radius 2 is 2.56 bits per heavy atom. The molecule has 1 rings (SSSR count). The lowest BCUT2D eigenvalue weighted by Gasteiger charge is -2.21. The van der Waals surface area contributed by atoms with E-state index in [0.29, 0.717) is 0 Å². The molecule has 1 N–H and O–H groups in total. The maximum atomic E-state index is 3.40. The minimum atomic E-state index is 0.906. The summed E-state index contributed by atoms with van der Waals surface area (Å²) in [6, 6.07) is 0. The summed E-state index contributed by atoms with van der Waals surface area (Å²) in [5.74, 6) is 1.31. The third-order valence-corrected chi connectivity index (χ3v) is 2.93. The van der Waals surface area contributed by atoms with Gasteiger partial charge in [0.05, 0.1) is 0 Å². The van der Waals surface area contributed by atoms with Gasteiger partial charge in [-0.05, 0) is 6.42 Å². The third kappa shape index (κ3) is 2.59. The van der Waals surface area contributed by atoms with E-state index in [1.54, 1.807) is 0 Å². The molecule has 0 aromatic carbocycles. The third-order valence-electron chi connectivity index (χ3n) is 1.62. The van der Waals surface area contributed by atoms with Crippen molar-refractivity contribution in [2.24, 2.45) is 0 Å². The summed E-state index contributed by atoms with van der Waals surface area (Å²) in [7, 11) is 0. The molecule has 0 amide bonds. The van der Waals surface area contributed by atoms with Crippen molar-refractivity contribution in [1.82, 2.24) is 5.32 Å². The molecule has 1 heterocycles. The molecule has 0 aliphatic carbocycles. The van der Waals surface area contributed by atoms with Gasteiger partial charge in [0.2, 0.25) is 0 Å². The van der Waals surface area contributed by atoms with Crippen molar-refractivity contribution in [3.8, 4) is 0 Å². The zero-order chi connectivity index (χ0) is 6.53. The van der Waals surface area contributed by atoms with E-state index in [-0.39, 0.29) is 0 Å². The standard InChI is InChI=1S/C7H15NS/c1-2-3-7-6-8-4-5-9-7/h7-8H,2-6H2,1H3/t7-/m0/s1. The first kappa shape index (κ1) is 7.42. The highest BCUT2D eigenvalue weighted by atomic mass is 32.2. The predicted octanol–water partition coefficient (Wildman–Crippen LogP) is 1.49. The summed E-state index contributed by atoms with van der Waals surface area (Å²) in [5.41, 5.74) is 0. The van der Waals surface area contributed by atoms with Crippen LogP contribution in [0.15, 0.2) is 0 Å². The van der Waals surface area contributed by atoms with E-state index in [1.807, 2.05) is 0 Å². The molecule has 1 nitrogen and oxygen atoms in total. The summed E-state index contributed by atoms with van der Waals surface area (Å²) in [5, 5.41) is 4.31. The molecule has 1 aliphatic heterocycles.